The normalized spacial score (nSPS) is 18.3. The van der Waals surface area contributed by atoms with Gasteiger partial charge in [-0.3, -0.25) is 14.5 Å². The zero-order chi connectivity index (χ0) is 30.0. The first-order chi connectivity index (χ1) is 20.2. The van der Waals surface area contributed by atoms with E-state index in [-0.39, 0.29) is 46.1 Å². The summed E-state index contributed by atoms with van der Waals surface area (Å²) in [5.41, 5.74) is 7.34. The van der Waals surface area contributed by atoms with E-state index >= 15 is 0 Å². The molecule has 2 aliphatic heterocycles. The Kier molecular flexibility index (Phi) is 8.72. The van der Waals surface area contributed by atoms with Crippen molar-refractivity contribution in [1.82, 2.24) is 20.2 Å². The third-order valence-corrected chi connectivity index (χ3v) is 10.1. The minimum absolute atomic E-state index is 0.0429. The number of aromatic nitrogens is 2. The maximum Gasteiger partial charge on any atom is 0.352 e. The number of hydrogen-bond acceptors (Lipinski definition) is 14. The number of β-lactam (4-membered cyclic amide) rings is 1. The lowest BCUT2D eigenvalue weighted by Gasteiger charge is -2.49. The molecule has 3 aromatic rings. The number of anilines is 1. The van der Waals surface area contributed by atoms with Gasteiger partial charge in [-0.05, 0) is 23.8 Å². The third-order valence-electron chi connectivity index (χ3n) is 5.99. The van der Waals surface area contributed by atoms with Crippen molar-refractivity contribution in [3.05, 3.63) is 58.6 Å². The standard InChI is InChI=1S/C25H22N6O7S4/c1-2-5-38-30-17(14-10-40-24(26)27-14)20(34)29-18-21(35)31-19(23(36)37)12(7-39-22(18)31)8-41-25-28-13(9-42-25)11-3-4-15(32)16(33)6-11/h2-4,6,9-10,18,22,32-33H,1,5,7-8H2,(H2,26,27)(H,29,34)(H,36,37)/b30-17-/t18-,22-/m1/s1. The van der Waals surface area contributed by atoms with Crippen LogP contribution in [0.3, 0.4) is 0 Å². The molecule has 1 fully saturated rings. The van der Waals surface area contributed by atoms with E-state index in [4.69, 9.17) is 10.6 Å². The van der Waals surface area contributed by atoms with Crippen molar-refractivity contribution in [2.75, 3.05) is 23.8 Å². The summed E-state index contributed by atoms with van der Waals surface area (Å²) >= 11 is 5.12. The van der Waals surface area contributed by atoms with Gasteiger partial charge in [-0.2, -0.15) is 0 Å². The van der Waals surface area contributed by atoms with E-state index in [2.05, 4.69) is 27.0 Å². The second-order valence-corrected chi connectivity index (χ2v) is 12.8. The predicted octanol–water partition coefficient (Wildman–Crippen LogP) is 2.70. The number of thioether (sulfide) groups is 2. The Morgan fingerprint density at radius 3 is 2.76 bits per heavy atom. The van der Waals surface area contributed by atoms with Crippen molar-refractivity contribution in [3.8, 4) is 22.8 Å². The van der Waals surface area contributed by atoms with Crippen LogP contribution in [0, 0.1) is 0 Å². The number of thiazole rings is 2. The van der Waals surface area contributed by atoms with Crippen molar-refractivity contribution < 1.29 is 34.5 Å². The van der Waals surface area contributed by atoms with Gasteiger partial charge in [0.2, 0.25) is 0 Å². The van der Waals surface area contributed by atoms with Gasteiger partial charge in [0.1, 0.15) is 29.4 Å². The number of fused-ring (bicyclic) bond motifs is 1. The van der Waals surface area contributed by atoms with E-state index in [1.54, 1.807) is 11.4 Å². The molecule has 1 aromatic carbocycles. The van der Waals surface area contributed by atoms with Crippen LogP contribution < -0.4 is 11.1 Å². The van der Waals surface area contributed by atoms with Crippen molar-refractivity contribution in [3.63, 3.8) is 0 Å². The van der Waals surface area contributed by atoms with Gasteiger partial charge >= 0.3 is 5.97 Å². The molecule has 2 amide bonds. The number of aliphatic carboxylic acids is 1. The number of nitrogens with two attached hydrogens (primary N) is 1. The molecule has 42 heavy (non-hydrogen) atoms. The van der Waals surface area contributed by atoms with Gasteiger partial charge in [0, 0.05) is 27.8 Å². The number of nitrogens with zero attached hydrogens (tertiary/aromatic N) is 4. The summed E-state index contributed by atoms with van der Waals surface area (Å²) in [6.07, 6.45) is 1.45. The second kappa shape index (κ2) is 12.4. The van der Waals surface area contributed by atoms with E-state index in [1.807, 2.05) is 0 Å². The highest BCUT2D eigenvalue weighted by molar-refractivity contribution is 8.01. The minimum atomic E-state index is -1.24. The molecule has 1 saturated heterocycles. The van der Waals surface area contributed by atoms with Crippen LogP contribution in [0.15, 0.2) is 62.4 Å². The summed E-state index contributed by atoms with van der Waals surface area (Å²) in [6.45, 7) is 3.57. The Morgan fingerprint density at radius 2 is 2.07 bits per heavy atom. The summed E-state index contributed by atoms with van der Waals surface area (Å²) in [5, 5.41) is 38.7. The molecule has 0 bridgehead atoms. The number of phenols is 2. The number of nitrogen functional groups attached to an aromatic ring is 1. The summed E-state index contributed by atoms with van der Waals surface area (Å²) in [6, 6.07) is 3.42. The Bertz CT molecular complexity index is 1630. The molecule has 218 valence electrons. The van der Waals surface area contributed by atoms with E-state index < -0.39 is 29.2 Å². The maximum absolute atomic E-state index is 13.1. The minimum Gasteiger partial charge on any atom is -0.504 e. The summed E-state index contributed by atoms with van der Waals surface area (Å²) in [5.74, 6) is -2.41. The van der Waals surface area contributed by atoms with Crippen LogP contribution in [0.1, 0.15) is 5.69 Å². The Balaban J connectivity index is 1.28. The van der Waals surface area contributed by atoms with Crippen molar-refractivity contribution in [2.24, 2.45) is 5.16 Å². The molecule has 0 unspecified atom stereocenters. The number of oxime groups is 1. The number of hydrogen-bond donors (Lipinski definition) is 5. The fourth-order valence-corrected chi connectivity index (χ4v) is 7.92. The van der Waals surface area contributed by atoms with Gasteiger partial charge in [0.25, 0.3) is 11.8 Å². The average molecular weight is 647 g/mol. The molecule has 2 aliphatic rings. The molecule has 5 rings (SSSR count). The Labute approximate surface area is 254 Å². The first kappa shape index (κ1) is 29.4. The molecule has 2 atom stereocenters. The Hall–Kier alpha value is -4.06. The van der Waals surface area contributed by atoms with Gasteiger partial charge in [-0.15, -0.1) is 34.4 Å². The number of carboxylic acid groups (broad SMARTS) is 1. The zero-order valence-electron chi connectivity index (χ0n) is 21.4. The number of carbonyl (C=O) groups excluding carboxylic acids is 2. The number of amides is 2. The molecule has 0 saturated carbocycles. The number of carboxylic acids is 1. The molecule has 0 radical (unpaired) electrons. The van der Waals surface area contributed by atoms with Crippen molar-refractivity contribution in [2.45, 2.75) is 15.8 Å². The summed E-state index contributed by atoms with van der Waals surface area (Å²) < 4.78 is 0.662. The molecule has 13 nitrogen and oxygen atoms in total. The first-order valence-corrected chi connectivity index (χ1v) is 15.8. The molecule has 4 heterocycles. The summed E-state index contributed by atoms with van der Waals surface area (Å²) in [7, 11) is 0. The van der Waals surface area contributed by atoms with E-state index in [0.717, 1.165) is 11.3 Å². The summed E-state index contributed by atoms with van der Waals surface area (Å²) in [4.78, 5) is 53.3. The van der Waals surface area contributed by atoms with Crippen LogP contribution >= 0.6 is 46.2 Å². The first-order valence-electron chi connectivity index (χ1n) is 12.0. The third kappa shape index (κ3) is 5.94. The highest BCUT2D eigenvalue weighted by Crippen LogP contribution is 2.42. The van der Waals surface area contributed by atoms with Gasteiger partial charge < -0.3 is 31.2 Å². The fraction of sp³-hybridized carbons (Fsp3) is 0.200. The van der Waals surface area contributed by atoms with Crippen LogP contribution in [0.4, 0.5) is 5.13 Å². The largest absolute Gasteiger partial charge is 0.504 e. The van der Waals surface area contributed by atoms with Crippen LogP contribution in [0.5, 0.6) is 11.5 Å². The van der Waals surface area contributed by atoms with Gasteiger partial charge in [0.05, 0.1) is 5.69 Å². The van der Waals surface area contributed by atoms with Crippen LogP contribution in [-0.4, -0.2) is 83.2 Å². The average Bonchev–Trinajstić information content (AvgIpc) is 3.62. The molecule has 0 spiro atoms. The highest BCUT2D eigenvalue weighted by Gasteiger charge is 2.54. The molecule has 0 aliphatic carbocycles. The smallest absolute Gasteiger partial charge is 0.352 e. The number of rotatable bonds is 11. The highest BCUT2D eigenvalue weighted by atomic mass is 32.2. The molecular weight excluding hydrogens is 625 g/mol. The number of nitrogens with one attached hydrogen (secondary N) is 1. The van der Waals surface area contributed by atoms with E-state index in [1.165, 1.54) is 63.3 Å². The number of carbonyl (C=O) groups is 3. The Morgan fingerprint density at radius 1 is 1.26 bits per heavy atom. The SMILES string of the molecule is C=CCO/N=C(\C(=O)N[C@@H]1C(=O)N2C(C(=O)O)=C(CSc3nc(-c4ccc(O)c(O)c4)cs3)CS[C@H]12)c1csc(N)n1. The fourth-order valence-electron chi connectivity index (χ4n) is 4.05. The lowest BCUT2D eigenvalue weighted by atomic mass is 10.0. The predicted molar refractivity (Wildman–Crippen MR) is 161 cm³/mol. The molecule has 6 N–H and O–H groups in total. The quantitative estimate of drug-likeness (QED) is 0.0389. The van der Waals surface area contributed by atoms with Crippen molar-refractivity contribution >= 4 is 74.8 Å². The van der Waals surface area contributed by atoms with Gasteiger partial charge in [0.15, 0.2) is 26.7 Å². The molecule has 17 heteroatoms. The maximum atomic E-state index is 13.1. The molecular formula is C25H22N6O7S4. The van der Waals surface area contributed by atoms with Crippen LogP contribution in [0.2, 0.25) is 0 Å². The van der Waals surface area contributed by atoms with E-state index in [0.29, 0.717) is 26.9 Å². The monoisotopic (exact) mass is 646 g/mol. The van der Waals surface area contributed by atoms with Crippen LogP contribution in [0.25, 0.3) is 11.3 Å². The van der Waals surface area contributed by atoms with Gasteiger partial charge in [-0.25, -0.2) is 14.8 Å². The van der Waals surface area contributed by atoms with Crippen LogP contribution in [-0.2, 0) is 19.2 Å². The zero-order valence-corrected chi connectivity index (χ0v) is 24.7. The van der Waals surface area contributed by atoms with Crippen molar-refractivity contribution in [1.29, 1.82) is 0 Å². The topological polar surface area (TPSA) is 201 Å². The number of aromatic hydroxyl groups is 2. The number of phenolic OH excluding ortho intramolecular Hbond substituents is 2. The van der Waals surface area contributed by atoms with Gasteiger partial charge in [-0.1, -0.05) is 29.6 Å². The lowest BCUT2D eigenvalue weighted by molar-refractivity contribution is -0.150. The van der Waals surface area contributed by atoms with E-state index in [9.17, 15) is 29.7 Å². The number of benzene rings is 1. The lowest BCUT2D eigenvalue weighted by Crippen LogP contribution is -2.71. The molecule has 2 aromatic heterocycles. The second-order valence-electron chi connectivity index (χ2n) is 8.70.